The van der Waals surface area contributed by atoms with Crippen molar-refractivity contribution in [2.45, 2.75) is 32.4 Å². The average molecular weight is 179 g/mol. The third-order valence-corrected chi connectivity index (χ3v) is 1.72. The van der Waals surface area contributed by atoms with Gasteiger partial charge in [-0.05, 0) is 20.3 Å². The van der Waals surface area contributed by atoms with Gasteiger partial charge in [-0.15, -0.1) is 0 Å². The van der Waals surface area contributed by atoms with E-state index in [2.05, 4.69) is 5.10 Å². The zero-order valence-corrected chi connectivity index (χ0v) is 7.86. The minimum absolute atomic E-state index is 0.552. The summed E-state index contributed by atoms with van der Waals surface area (Å²) in [6, 6.07) is 2.00. The molecular formula is C9H13N3O. The highest BCUT2D eigenvalue weighted by Gasteiger charge is 2.12. The van der Waals surface area contributed by atoms with Crippen LogP contribution in [0.3, 0.4) is 0 Å². The second-order valence-corrected chi connectivity index (χ2v) is 3.67. The van der Waals surface area contributed by atoms with Crippen molar-refractivity contribution in [3.05, 3.63) is 18.0 Å². The van der Waals surface area contributed by atoms with Crippen LogP contribution in [0.2, 0.25) is 0 Å². The molecule has 0 spiro atoms. The topological polar surface area (TPSA) is 61.8 Å². The SMILES string of the molecule is CC(C)(O)CCn1cc(C#N)cn1. The molecule has 0 saturated heterocycles. The normalized spacial score (nSPS) is 11.2. The molecule has 0 aliphatic carbocycles. The maximum Gasteiger partial charge on any atom is 0.102 e. The number of aromatic nitrogens is 2. The highest BCUT2D eigenvalue weighted by atomic mass is 16.3. The Hall–Kier alpha value is -1.34. The summed E-state index contributed by atoms with van der Waals surface area (Å²) in [6.07, 6.45) is 3.82. The first kappa shape index (κ1) is 9.75. The fraction of sp³-hybridized carbons (Fsp3) is 0.556. The van der Waals surface area contributed by atoms with Gasteiger partial charge in [0, 0.05) is 12.7 Å². The fourth-order valence-corrected chi connectivity index (χ4v) is 0.932. The number of aliphatic hydroxyl groups is 1. The molecular weight excluding hydrogens is 166 g/mol. The van der Waals surface area contributed by atoms with Gasteiger partial charge in [0.25, 0.3) is 0 Å². The highest BCUT2D eigenvalue weighted by molar-refractivity contribution is 5.21. The first-order valence-corrected chi connectivity index (χ1v) is 4.16. The monoisotopic (exact) mass is 179 g/mol. The second-order valence-electron chi connectivity index (χ2n) is 3.67. The summed E-state index contributed by atoms with van der Waals surface area (Å²) >= 11 is 0. The van der Waals surface area contributed by atoms with Crippen molar-refractivity contribution < 1.29 is 5.11 Å². The molecule has 4 nitrogen and oxygen atoms in total. The van der Waals surface area contributed by atoms with Gasteiger partial charge in [0.05, 0.1) is 17.4 Å². The van der Waals surface area contributed by atoms with Crippen LogP contribution < -0.4 is 0 Å². The lowest BCUT2D eigenvalue weighted by atomic mass is 10.1. The van der Waals surface area contributed by atoms with Crippen LogP contribution in [-0.2, 0) is 6.54 Å². The molecule has 0 radical (unpaired) electrons. The molecule has 0 unspecified atom stereocenters. The Morgan fingerprint density at radius 1 is 1.69 bits per heavy atom. The van der Waals surface area contributed by atoms with E-state index < -0.39 is 5.60 Å². The number of nitriles is 1. The van der Waals surface area contributed by atoms with Crippen LogP contribution in [0.15, 0.2) is 12.4 Å². The van der Waals surface area contributed by atoms with Gasteiger partial charge < -0.3 is 5.11 Å². The molecule has 1 aromatic heterocycles. The van der Waals surface area contributed by atoms with Crippen LogP contribution >= 0.6 is 0 Å². The summed E-state index contributed by atoms with van der Waals surface area (Å²) in [5.41, 5.74) is -0.130. The molecule has 70 valence electrons. The first-order valence-electron chi connectivity index (χ1n) is 4.16. The third-order valence-electron chi connectivity index (χ3n) is 1.72. The standard InChI is InChI=1S/C9H13N3O/c1-9(2,13)3-4-12-7-8(5-10)6-11-12/h6-7,13H,3-4H2,1-2H3. The molecule has 0 atom stereocenters. The highest BCUT2D eigenvalue weighted by Crippen LogP contribution is 2.08. The zero-order valence-electron chi connectivity index (χ0n) is 7.86. The first-order chi connectivity index (χ1) is 6.01. The van der Waals surface area contributed by atoms with E-state index in [1.807, 2.05) is 6.07 Å². The van der Waals surface area contributed by atoms with Crippen LogP contribution in [0, 0.1) is 11.3 Å². The van der Waals surface area contributed by atoms with Crippen molar-refractivity contribution in [3.8, 4) is 6.07 Å². The molecule has 0 aliphatic rings. The minimum atomic E-state index is -0.682. The van der Waals surface area contributed by atoms with Gasteiger partial charge in [0.15, 0.2) is 0 Å². The molecule has 0 aromatic carbocycles. The maximum absolute atomic E-state index is 9.44. The lowest BCUT2D eigenvalue weighted by molar-refractivity contribution is 0.0651. The number of hydrogen-bond donors (Lipinski definition) is 1. The Balaban J connectivity index is 2.52. The van der Waals surface area contributed by atoms with Crippen molar-refractivity contribution >= 4 is 0 Å². The van der Waals surface area contributed by atoms with Gasteiger partial charge in [-0.25, -0.2) is 0 Å². The second kappa shape index (κ2) is 3.58. The molecule has 0 fully saturated rings. The molecule has 0 amide bonds. The van der Waals surface area contributed by atoms with E-state index >= 15 is 0 Å². The number of rotatable bonds is 3. The van der Waals surface area contributed by atoms with E-state index in [1.165, 1.54) is 6.20 Å². The Morgan fingerprint density at radius 2 is 2.38 bits per heavy atom. The molecule has 1 N–H and O–H groups in total. The summed E-state index contributed by atoms with van der Waals surface area (Å²) < 4.78 is 1.66. The van der Waals surface area contributed by atoms with Crippen LogP contribution in [0.1, 0.15) is 25.8 Å². The maximum atomic E-state index is 9.44. The molecule has 4 heteroatoms. The fourth-order valence-electron chi connectivity index (χ4n) is 0.932. The van der Waals surface area contributed by atoms with E-state index in [1.54, 1.807) is 24.7 Å². The van der Waals surface area contributed by atoms with Gasteiger partial charge in [-0.2, -0.15) is 10.4 Å². The van der Waals surface area contributed by atoms with Gasteiger partial charge in [-0.1, -0.05) is 0 Å². The summed E-state index contributed by atoms with van der Waals surface area (Å²) in [4.78, 5) is 0. The van der Waals surface area contributed by atoms with Crippen molar-refractivity contribution in [2.75, 3.05) is 0 Å². The van der Waals surface area contributed by atoms with Gasteiger partial charge in [-0.3, -0.25) is 4.68 Å². The molecule has 0 saturated carbocycles. The molecule has 1 heterocycles. The van der Waals surface area contributed by atoms with Crippen LogP contribution in [0.4, 0.5) is 0 Å². The van der Waals surface area contributed by atoms with Crippen molar-refractivity contribution in [1.82, 2.24) is 9.78 Å². The molecule has 13 heavy (non-hydrogen) atoms. The van der Waals surface area contributed by atoms with Gasteiger partial charge in [0.2, 0.25) is 0 Å². The largest absolute Gasteiger partial charge is 0.390 e. The van der Waals surface area contributed by atoms with Crippen molar-refractivity contribution in [3.63, 3.8) is 0 Å². The Labute approximate surface area is 77.4 Å². The third kappa shape index (κ3) is 3.26. The summed E-state index contributed by atoms with van der Waals surface area (Å²) in [6.45, 7) is 4.13. The smallest absolute Gasteiger partial charge is 0.102 e. The summed E-state index contributed by atoms with van der Waals surface area (Å²) in [7, 11) is 0. The Morgan fingerprint density at radius 3 is 2.85 bits per heavy atom. The van der Waals surface area contributed by atoms with E-state index in [9.17, 15) is 5.11 Å². The average Bonchev–Trinajstić information content (AvgIpc) is 2.47. The molecule has 1 aromatic rings. The Kier molecular flexibility index (Phi) is 2.69. The lowest BCUT2D eigenvalue weighted by Crippen LogP contribution is -2.21. The summed E-state index contributed by atoms with van der Waals surface area (Å²) in [5, 5.41) is 21.9. The van der Waals surface area contributed by atoms with Crippen LogP contribution in [0.25, 0.3) is 0 Å². The molecule has 0 bridgehead atoms. The van der Waals surface area contributed by atoms with Crippen molar-refractivity contribution in [2.24, 2.45) is 0 Å². The van der Waals surface area contributed by atoms with Crippen LogP contribution in [-0.4, -0.2) is 20.5 Å². The number of nitrogens with zero attached hydrogens (tertiary/aromatic N) is 3. The van der Waals surface area contributed by atoms with Gasteiger partial charge >= 0.3 is 0 Å². The molecule has 1 rings (SSSR count). The predicted octanol–water partition coefficient (Wildman–Crippen LogP) is 0.916. The quantitative estimate of drug-likeness (QED) is 0.750. The van der Waals surface area contributed by atoms with Crippen LogP contribution in [0.5, 0.6) is 0 Å². The van der Waals surface area contributed by atoms with Crippen molar-refractivity contribution in [1.29, 1.82) is 5.26 Å². The molecule has 0 aliphatic heterocycles. The van der Waals surface area contributed by atoms with E-state index in [-0.39, 0.29) is 0 Å². The summed E-state index contributed by atoms with van der Waals surface area (Å²) in [5.74, 6) is 0. The van der Waals surface area contributed by atoms with E-state index in [0.717, 1.165) is 0 Å². The number of aryl methyl sites for hydroxylation is 1. The minimum Gasteiger partial charge on any atom is -0.390 e. The number of hydrogen-bond acceptors (Lipinski definition) is 3. The van der Waals surface area contributed by atoms with Gasteiger partial charge in [0.1, 0.15) is 6.07 Å². The van der Waals surface area contributed by atoms with E-state index in [0.29, 0.717) is 18.5 Å². The predicted molar refractivity (Wildman–Crippen MR) is 47.9 cm³/mol. The van der Waals surface area contributed by atoms with E-state index in [4.69, 9.17) is 5.26 Å². The lowest BCUT2D eigenvalue weighted by Gasteiger charge is -2.16. The zero-order chi connectivity index (χ0) is 9.90. The Bertz CT molecular complexity index is 316.